The van der Waals surface area contributed by atoms with E-state index in [0.717, 1.165) is 71.6 Å². The molecule has 132 valence electrons. The largest absolute Gasteiger partial charge is 0.381 e. The van der Waals surface area contributed by atoms with Crippen LogP contribution in [-0.2, 0) is 23.1 Å². The molecule has 0 aliphatic carbocycles. The van der Waals surface area contributed by atoms with E-state index in [2.05, 4.69) is 21.1 Å². The molecule has 1 aromatic rings. The molecule has 0 radical (unpaired) electrons. The summed E-state index contributed by atoms with van der Waals surface area (Å²) in [5.41, 5.74) is 1.34. The van der Waals surface area contributed by atoms with Gasteiger partial charge in [-0.15, -0.1) is 0 Å². The lowest BCUT2D eigenvalue weighted by atomic mass is 9.71. The van der Waals surface area contributed by atoms with Gasteiger partial charge in [0.1, 0.15) is 0 Å². The first-order valence-corrected chi connectivity index (χ1v) is 9.23. The zero-order valence-electron chi connectivity index (χ0n) is 14.6. The first-order valence-electron chi connectivity index (χ1n) is 9.23. The smallest absolute Gasteiger partial charge is 0.227 e. The number of ether oxygens (including phenoxy) is 1. The van der Waals surface area contributed by atoms with Gasteiger partial charge in [0.15, 0.2) is 0 Å². The summed E-state index contributed by atoms with van der Waals surface area (Å²) in [7, 11) is 1.95. The van der Waals surface area contributed by atoms with Gasteiger partial charge in [-0.05, 0) is 25.7 Å². The molecule has 1 aromatic heterocycles. The third kappa shape index (κ3) is 2.97. The predicted octanol–water partition coefficient (Wildman–Crippen LogP) is 1.27. The van der Waals surface area contributed by atoms with Crippen LogP contribution in [0.2, 0.25) is 0 Å². The Morgan fingerprint density at radius 2 is 2.08 bits per heavy atom. The summed E-state index contributed by atoms with van der Waals surface area (Å²) in [6, 6.07) is 0. The van der Waals surface area contributed by atoms with Crippen molar-refractivity contribution >= 4 is 5.91 Å². The lowest BCUT2D eigenvalue weighted by Crippen LogP contribution is -2.45. The van der Waals surface area contributed by atoms with E-state index in [1.54, 1.807) is 0 Å². The molecule has 0 saturated carbocycles. The molecule has 1 atom stereocenters. The quantitative estimate of drug-likeness (QED) is 0.836. The Kier molecular flexibility index (Phi) is 4.35. The third-order valence-corrected chi connectivity index (χ3v) is 6.09. The Morgan fingerprint density at radius 3 is 2.75 bits per heavy atom. The van der Waals surface area contributed by atoms with Crippen LogP contribution >= 0.6 is 0 Å². The molecular formula is C18H28N4O2. The maximum atomic E-state index is 13.2. The van der Waals surface area contributed by atoms with Crippen molar-refractivity contribution in [1.29, 1.82) is 0 Å². The molecule has 3 aliphatic rings. The maximum absolute atomic E-state index is 13.2. The average Bonchev–Trinajstić information content (AvgIpc) is 3.30. The van der Waals surface area contributed by atoms with E-state index in [1.165, 1.54) is 5.56 Å². The highest BCUT2D eigenvalue weighted by atomic mass is 16.5. The van der Waals surface area contributed by atoms with Crippen LogP contribution in [0.25, 0.3) is 0 Å². The summed E-state index contributed by atoms with van der Waals surface area (Å²) in [4.78, 5) is 17.7. The second kappa shape index (κ2) is 6.48. The molecule has 6 nitrogen and oxygen atoms in total. The summed E-state index contributed by atoms with van der Waals surface area (Å²) >= 11 is 0. The summed E-state index contributed by atoms with van der Waals surface area (Å²) < 4.78 is 7.46. The minimum absolute atomic E-state index is 0.111. The standard InChI is InChI=1S/C18H28N4O2/c1-20-11-15(10-19-20)12-21-13-16(17(23)22-6-2-3-7-22)18(14-21)4-8-24-9-5-18/h10-11,16H,2-9,12-14H2,1H3. The highest BCUT2D eigenvalue weighted by Gasteiger charge is 2.51. The first kappa shape index (κ1) is 16.1. The van der Waals surface area contributed by atoms with Crippen molar-refractivity contribution in [3.05, 3.63) is 18.0 Å². The van der Waals surface area contributed by atoms with Crippen molar-refractivity contribution in [2.45, 2.75) is 32.2 Å². The Labute approximate surface area is 143 Å². The van der Waals surface area contributed by atoms with Crippen molar-refractivity contribution in [3.63, 3.8) is 0 Å². The molecule has 0 bridgehead atoms. The van der Waals surface area contributed by atoms with Crippen LogP contribution in [0.3, 0.4) is 0 Å². The van der Waals surface area contributed by atoms with Crippen molar-refractivity contribution in [2.24, 2.45) is 18.4 Å². The van der Waals surface area contributed by atoms with E-state index in [0.29, 0.717) is 5.91 Å². The average molecular weight is 332 g/mol. The van der Waals surface area contributed by atoms with Crippen LogP contribution < -0.4 is 0 Å². The van der Waals surface area contributed by atoms with E-state index >= 15 is 0 Å². The minimum atomic E-state index is 0.111. The molecule has 3 aliphatic heterocycles. The Hall–Kier alpha value is -1.40. The lowest BCUT2D eigenvalue weighted by Gasteiger charge is -2.38. The molecule has 1 amide bonds. The maximum Gasteiger partial charge on any atom is 0.227 e. The van der Waals surface area contributed by atoms with Gasteiger partial charge in [0.25, 0.3) is 0 Å². The van der Waals surface area contributed by atoms with Crippen LogP contribution in [-0.4, -0.2) is 64.9 Å². The number of aromatic nitrogens is 2. The van der Waals surface area contributed by atoms with Crippen LogP contribution in [0.4, 0.5) is 0 Å². The summed E-state index contributed by atoms with van der Waals surface area (Å²) in [5, 5.41) is 4.27. The number of aryl methyl sites for hydroxylation is 1. The van der Waals surface area contributed by atoms with Gasteiger partial charge in [-0.3, -0.25) is 14.4 Å². The van der Waals surface area contributed by atoms with Gasteiger partial charge in [0, 0.05) is 70.2 Å². The van der Waals surface area contributed by atoms with Gasteiger partial charge < -0.3 is 9.64 Å². The summed E-state index contributed by atoms with van der Waals surface area (Å²) in [6.07, 6.45) is 8.36. The molecule has 4 rings (SSSR count). The van der Waals surface area contributed by atoms with E-state index in [-0.39, 0.29) is 11.3 Å². The van der Waals surface area contributed by atoms with Crippen molar-refractivity contribution in [2.75, 3.05) is 39.4 Å². The fourth-order valence-corrected chi connectivity index (χ4v) is 4.79. The fraction of sp³-hybridized carbons (Fsp3) is 0.778. The van der Waals surface area contributed by atoms with Gasteiger partial charge in [0.2, 0.25) is 5.91 Å². The molecule has 4 heterocycles. The van der Waals surface area contributed by atoms with Crippen LogP contribution in [0.15, 0.2) is 12.4 Å². The monoisotopic (exact) mass is 332 g/mol. The molecule has 1 spiro atoms. The molecule has 0 aromatic carbocycles. The van der Waals surface area contributed by atoms with Crippen LogP contribution in [0, 0.1) is 11.3 Å². The van der Waals surface area contributed by atoms with Crippen LogP contribution in [0.1, 0.15) is 31.2 Å². The Bertz CT molecular complexity index is 588. The second-order valence-corrected chi connectivity index (χ2v) is 7.75. The Balaban J connectivity index is 1.52. The number of carbonyl (C=O) groups excluding carboxylic acids is 1. The number of likely N-dealkylation sites (tertiary alicyclic amines) is 2. The zero-order valence-corrected chi connectivity index (χ0v) is 14.6. The topological polar surface area (TPSA) is 50.6 Å². The number of hydrogen-bond acceptors (Lipinski definition) is 4. The van der Waals surface area contributed by atoms with Crippen molar-refractivity contribution in [3.8, 4) is 0 Å². The highest BCUT2D eigenvalue weighted by Crippen LogP contribution is 2.45. The fourth-order valence-electron chi connectivity index (χ4n) is 4.79. The van der Waals surface area contributed by atoms with Crippen molar-refractivity contribution < 1.29 is 9.53 Å². The number of carbonyl (C=O) groups is 1. The zero-order chi connectivity index (χ0) is 16.6. The molecule has 3 saturated heterocycles. The summed E-state index contributed by atoms with van der Waals surface area (Å²) in [6.45, 7) is 6.27. The number of amides is 1. The van der Waals surface area contributed by atoms with E-state index in [4.69, 9.17) is 4.74 Å². The van der Waals surface area contributed by atoms with E-state index in [9.17, 15) is 4.79 Å². The van der Waals surface area contributed by atoms with Gasteiger partial charge in [-0.25, -0.2) is 0 Å². The lowest BCUT2D eigenvalue weighted by molar-refractivity contribution is -0.139. The van der Waals surface area contributed by atoms with Gasteiger partial charge in [-0.1, -0.05) is 0 Å². The van der Waals surface area contributed by atoms with Crippen LogP contribution in [0.5, 0.6) is 0 Å². The molecule has 24 heavy (non-hydrogen) atoms. The molecule has 0 N–H and O–H groups in total. The number of rotatable bonds is 3. The van der Waals surface area contributed by atoms with Crippen molar-refractivity contribution in [1.82, 2.24) is 19.6 Å². The van der Waals surface area contributed by atoms with E-state index < -0.39 is 0 Å². The minimum Gasteiger partial charge on any atom is -0.381 e. The second-order valence-electron chi connectivity index (χ2n) is 7.75. The molecular weight excluding hydrogens is 304 g/mol. The van der Waals surface area contributed by atoms with Gasteiger partial charge in [0.05, 0.1) is 12.1 Å². The third-order valence-electron chi connectivity index (χ3n) is 6.09. The number of nitrogens with zero attached hydrogens (tertiary/aromatic N) is 4. The summed E-state index contributed by atoms with van der Waals surface area (Å²) in [5.74, 6) is 0.527. The number of hydrogen-bond donors (Lipinski definition) is 0. The molecule has 1 unspecified atom stereocenters. The first-order chi connectivity index (χ1) is 11.7. The predicted molar refractivity (Wildman–Crippen MR) is 90.3 cm³/mol. The SMILES string of the molecule is Cn1cc(CN2CC(C(=O)N3CCCC3)C3(CCOCC3)C2)cn1. The highest BCUT2D eigenvalue weighted by molar-refractivity contribution is 5.80. The molecule has 6 heteroatoms. The Morgan fingerprint density at radius 1 is 1.33 bits per heavy atom. The molecule has 3 fully saturated rings. The van der Waals surface area contributed by atoms with Gasteiger partial charge >= 0.3 is 0 Å². The van der Waals surface area contributed by atoms with E-state index in [1.807, 2.05) is 17.9 Å². The normalized spacial score (nSPS) is 27.2. The van der Waals surface area contributed by atoms with Gasteiger partial charge in [-0.2, -0.15) is 5.10 Å².